The number of likely N-dealkylation sites (tertiary alicyclic amines) is 1. The third-order valence-electron chi connectivity index (χ3n) is 3.47. The summed E-state index contributed by atoms with van der Waals surface area (Å²) in [6.07, 6.45) is 3.12. The van der Waals surface area contributed by atoms with Gasteiger partial charge in [0, 0.05) is 25.7 Å². The van der Waals surface area contributed by atoms with Crippen molar-refractivity contribution in [3.8, 4) is 0 Å². The van der Waals surface area contributed by atoms with Crippen LogP contribution in [0.2, 0.25) is 5.15 Å². The van der Waals surface area contributed by atoms with Crippen LogP contribution in [0.5, 0.6) is 0 Å². The summed E-state index contributed by atoms with van der Waals surface area (Å²) in [5, 5.41) is 3.70. The highest BCUT2D eigenvalue weighted by Gasteiger charge is 2.26. The minimum atomic E-state index is -0.443. The second kappa shape index (κ2) is 7.13. The topological polar surface area (TPSA) is 67.3 Å². The lowest BCUT2D eigenvalue weighted by Crippen LogP contribution is -2.42. The molecule has 1 fully saturated rings. The van der Waals surface area contributed by atoms with Gasteiger partial charge in [0.1, 0.15) is 22.9 Å². The van der Waals surface area contributed by atoms with E-state index in [1.165, 1.54) is 6.33 Å². The van der Waals surface area contributed by atoms with Crippen molar-refractivity contribution in [2.75, 3.05) is 25.0 Å². The first-order valence-electron chi connectivity index (χ1n) is 7.53. The Balaban J connectivity index is 1.74. The van der Waals surface area contributed by atoms with Gasteiger partial charge in [-0.2, -0.15) is 0 Å². The minimum absolute atomic E-state index is 0.221. The van der Waals surface area contributed by atoms with Gasteiger partial charge in [-0.3, -0.25) is 0 Å². The zero-order chi connectivity index (χ0) is 16.2. The summed E-state index contributed by atoms with van der Waals surface area (Å²) in [6, 6.07) is 1.71. The number of nitrogens with one attached hydrogen (secondary N) is 1. The molecule has 1 aliphatic rings. The van der Waals surface area contributed by atoms with Gasteiger partial charge in [0.15, 0.2) is 0 Å². The summed E-state index contributed by atoms with van der Waals surface area (Å²) in [5.41, 5.74) is -0.443. The van der Waals surface area contributed by atoms with Crippen molar-refractivity contribution >= 4 is 23.5 Å². The Morgan fingerprint density at radius 2 is 2.09 bits per heavy atom. The number of ether oxygens (including phenoxy) is 1. The molecule has 1 amide bonds. The molecule has 1 N–H and O–H groups in total. The van der Waals surface area contributed by atoms with Crippen LogP contribution < -0.4 is 5.32 Å². The van der Waals surface area contributed by atoms with Crippen LogP contribution >= 0.6 is 11.6 Å². The van der Waals surface area contributed by atoms with Crippen molar-refractivity contribution in [3.63, 3.8) is 0 Å². The van der Waals surface area contributed by atoms with E-state index in [9.17, 15) is 4.79 Å². The fourth-order valence-corrected chi connectivity index (χ4v) is 2.47. The molecule has 1 aliphatic heterocycles. The molecule has 0 radical (unpaired) electrons. The van der Waals surface area contributed by atoms with Crippen LogP contribution in [0.4, 0.5) is 10.6 Å². The third-order valence-corrected chi connectivity index (χ3v) is 3.68. The molecule has 0 aliphatic carbocycles. The molecule has 6 nitrogen and oxygen atoms in total. The molecular formula is C15H23ClN4O2. The Kier molecular flexibility index (Phi) is 5.45. The van der Waals surface area contributed by atoms with Crippen molar-refractivity contribution in [3.05, 3.63) is 17.5 Å². The van der Waals surface area contributed by atoms with E-state index < -0.39 is 5.60 Å². The number of hydrogen-bond donors (Lipinski definition) is 1. The average Bonchev–Trinajstić information content (AvgIpc) is 2.44. The maximum absolute atomic E-state index is 12.0. The maximum Gasteiger partial charge on any atom is 0.410 e. The number of nitrogens with zero attached hydrogens (tertiary/aromatic N) is 3. The molecule has 0 saturated carbocycles. The fraction of sp³-hybridized carbons (Fsp3) is 0.667. The molecule has 22 heavy (non-hydrogen) atoms. The molecule has 0 bridgehead atoms. The predicted octanol–water partition coefficient (Wildman–Crippen LogP) is 3.19. The van der Waals surface area contributed by atoms with Crippen LogP contribution in [0.25, 0.3) is 0 Å². The number of halogens is 1. The summed E-state index contributed by atoms with van der Waals surface area (Å²) in [4.78, 5) is 21.7. The van der Waals surface area contributed by atoms with Crippen molar-refractivity contribution in [2.45, 2.75) is 39.2 Å². The lowest BCUT2D eigenvalue weighted by atomic mass is 9.97. The number of hydrogen-bond acceptors (Lipinski definition) is 5. The molecule has 7 heteroatoms. The first kappa shape index (κ1) is 16.8. The van der Waals surface area contributed by atoms with Gasteiger partial charge < -0.3 is 15.0 Å². The first-order valence-corrected chi connectivity index (χ1v) is 7.90. The highest BCUT2D eigenvalue weighted by molar-refractivity contribution is 6.29. The largest absolute Gasteiger partial charge is 0.444 e. The SMILES string of the molecule is CC(C)(C)OC(=O)N1CCC(CNc2cc(Cl)ncn2)CC1. The lowest BCUT2D eigenvalue weighted by Gasteiger charge is -2.33. The van der Waals surface area contributed by atoms with Crippen LogP contribution in [0, 0.1) is 5.92 Å². The molecule has 122 valence electrons. The normalized spacial score (nSPS) is 16.5. The second-order valence-electron chi connectivity index (χ2n) is 6.52. The van der Waals surface area contributed by atoms with E-state index in [2.05, 4.69) is 15.3 Å². The Morgan fingerprint density at radius 3 is 2.68 bits per heavy atom. The van der Waals surface area contributed by atoms with Gasteiger partial charge in [-0.1, -0.05) is 11.6 Å². The van der Waals surface area contributed by atoms with E-state index in [4.69, 9.17) is 16.3 Å². The number of carbonyl (C=O) groups is 1. The standard InChI is InChI=1S/C15H23ClN4O2/c1-15(2,3)22-14(21)20-6-4-11(5-7-20)9-17-13-8-12(16)18-10-19-13/h8,10-11H,4-7,9H2,1-3H3,(H,17,18,19). The van der Waals surface area contributed by atoms with E-state index in [0.29, 0.717) is 11.1 Å². The Labute approximate surface area is 136 Å². The molecule has 0 atom stereocenters. The van der Waals surface area contributed by atoms with Crippen LogP contribution in [0.1, 0.15) is 33.6 Å². The first-order chi connectivity index (χ1) is 10.3. The van der Waals surface area contributed by atoms with Gasteiger partial charge in [-0.25, -0.2) is 14.8 Å². The number of rotatable bonds is 3. The van der Waals surface area contributed by atoms with E-state index in [1.807, 2.05) is 20.8 Å². The fourth-order valence-electron chi connectivity index (χ4n) is 2.33. The van der Waals surface area contributed by atoms with Crippen molar-refractivity contribution < 1.29 is 9.53 Å². The number of piperidine rings is 1. The summed E-state index contributed by atoms with van der Waals surface area (Å²) >= 11 is 5.82. The summed E-state index contributed by atoms with van der Waals surface area (Å²) < 4.78 is 5.39. The molecule has 2 rings (SSSR count). The highest BCUT2D eigenvalue weighted by Crippen LogP contribution is 2.20. The van der Waals surface area contributed by atoms with E-state index >= 15 is 0 Å². The van der Waals surface area contributed by atoms with E-state index in [-0.39, 0.29) is 6.09 Å². The Hall–Kier alpha value is -1.56. The molecular weight excluding hydrogens is 304 g/mol. The van der Waals surface area contributed by atoms with Gasteiger partial charge in [-0.15, -0.1) is 0 Å². The average molecular weight is 327 g/mol. The number of aromatic nitrogens is 2. The molecule has 0 unspecified atom stereocenters. The van der Waals surface area contributed by atoms with Crippen LogP contribution in [-0.4, -0.2) is 46.2 Å². The monoisotopic (exact) mass is 326 g/mol. The number of anilines is 1. The molecule has 1 aromatic heterocycles. The van der Waals surface area contributed by atoms with Crippen molar-refractivity contribution in [2.24, 2.45) is 5.92 Å². The molecule has 1 aromatic rings. The van der Waals surface area contributed by atoms with Gasteiger partial charge in [-0.05, 0) is 39.5 Å². The number of amides is 1. The highest BCUT2D eigenvalue weighted by atomic mass is 35.5. The maximum atomic E-state index is 12.0. The smallest absolute Gasteiger partial charge is 0.410 e. The van der Waals surface area contributed by atoms with Crippen LogP contribution in [0.3, 0.4) is 0 Å². The molecule has 1 saturated heterocycles. The zero-order valence-corrected chi connectivity index (χ0v) is 14.1. The molecule has 0 aromatic carbocycles. The van der Waals surface area contributed by atoms with E-state index in [1.54, 1.807) is 11.0 Å². The second-order valence-corrected chi connectivity index (χ2v) is 6.90. The van der Waals surface area contributed by atoms with Gasteiger partial charge >= 0.3 is 6.09 Å². The molecule has 2 heterocycles. The number of carbonyl (C=O) groups excluding carboxylic acids is 1. The van der Waals surface area contributed by atoms with Crippen LogP contribution in [-0.2, 0) is 4.74 Å². The van der Waals surface area contributed by atoms with Gasteiger partial charge in [0.2, 0.25) is 0 Å². The van der Waals surface area contributed by atoms with Crippen LogP contribution in [0.15, 0.2) is 12.4 Å². The summed E-state index contributed by atoms with van der Waals surface area (Å²) in [7, 11) is 0. The van der Waals surface area contributed by atoms with Gasteiger partial charge in [0.25, 0.3) is 0 Å². The Morgan fingerprint density at radius 1 is 1.41 bits per heavy atom. The Bertz CT molecular complexity index is 511. The summed E-state index contributed by atoms with van der Waals surface area (Å²) in [6.45, 7) is 7.92. The summed E-state index contributed by atoms with van der Waals surface area (Å²) in [5.74, 6) is 1.24. The van der Waals surface area contributed by atoms with Crippen molar-refractivity contribution in [1.29, 1.82) is 0 Å². The van der Waals surface area contributed by atoms with Gasteiger partial charge in [0.05, 0.1) is 0 Å². The third kappa shape index (κ3) is 5.33. The van der Waals surface area contributed by atoms with Crippen molar-refractivity contribution in [1.82, 2.24) is 14.9 Å². The minimum Gasteiger partial charge on any atom is -0.444 e. The quantitative estimate of drug-likeness (QED) is 0.864. The van der Waals surface area contributed by atoms with E-state index in [0.717, 1.165) is 38.3 Å². The predicted molar refractivity (Wildman–Crippen MR) is 86.1 cm³/mol. The zero-order valence-electron chi connectivity index (χ0n) is 13.3. The molecule has 0 spiro atoms. The lowest BCUT2D eigenvalue weighted by molar-refractivity contribution is 0.0188.